The largest absolute Gasteiger partial charge is 0.490 e. The maximum atomic E-state index is 14.1. The number of hydrogen-bond donors (Lipinski definition) is 3. The molecule has 1 aromatic heterocycles. The van der Waals surface area contributed by atoms with E-state index in [0.717, 1.165) is 62.7 Å². The fourth-order valence-corrected chi connectivity index (χ4v) is 10.7. The number of anilines is 2. The van der Waals surface area contributed by atoms with Crippen LogP contribution in [0.5, 0.6) is 5.75 Å². The molecule has 8 rings (SSSR count). The number of hydrogen-bond acceptors (Lipinski definition) is 11. The molecule has 5 aromatic rings. The SMILES string of the molecule is Cc1ncsc1-c1ccc(CNC(=O)[C@@H]2C[C@@H](O)CN2C(=O)[C@@H](NC(=O)COC[C@H]2C[C@H](Oc3ccc(-c4ccc(N5C(=S)N(c6ccc(C#N)c(C(F)(F)F)c6)C(=O)C5(C)C)cc4)cc3)C2)C(C)(C)C)cc1. The number of likely N-dealkylation sites (tertiary alicyclic amines) is 1. The number of aryl methyl sites for hydroxylation is 1. The number of thiazole rings is 1. The molecule has 0 radical (unpaired) electrons. The molecule has 3 fully saturated rings. The highest BCUT2D eigenvalue weighted by Gasteiger charge is 2.51. The first kappa shape index (κ1) is 52.6. The maximum absolute atomic E-state index is 14.1. The second-order valence-electron chi connectivity index (χ2n) is 20.3. The first-order valence-electron chi connectivity index (χ1n) is 23.8. The fraction of sp³-hybridized carbons (Fsp3) is 0.389. The maximum Gasteiger partial charge on any atom is 0.417 e. The lowest BCUT2D eigenvalue weighted by atomic mass is 9.83. The van der Waals surface area contributed by atoms with Crippen LogP contribution in [0.3, 0.4) is 0 Å². The Bertz CT molecular complexity index is 2930. The Morgan fingerprint density at radius 1 is 0.945 bits per heavy atom. The van der Waals surface area contributed by atoms with Gasteiger partial charge in [-0.25, -0.2) is 4.98 Å². The van der Waals surface area contributed by atoms with Crippen molar-refractivity contribution >= 4 is 63.7 Å². The van der Waals surface area contributed by atoms with E-state index in [2.05, 4.69) is 15.6 Å². The predicted molar refractivity (Wildman–Crippen MR) is 274 cm³/mol. The molecule has 3 N–H and O–H groups in total. The van der Waals surface area contributed by atoms with Crippen molar-refractivity contribution < 1.29 is 46.9 Å². The number of nitriles is 1. The second kappa shape index (κ2) is 21.0. The van der Waals surface area contributed by atoms with Gasteiger partial charge in [0.1, 0.15) is 30.0 Å². The van der Waals surface area contributed by atoms with Gasteiger partial charge in [-0.1, -0.05) is 69.3 Å². The number of rotatable bonds is 15. The van der Waals surface area contributed by atoms with Gasteiger partial charge in [0, 0.05) is 25.2 Å². The number of halogens is 3. The van der Waals surface area contributed by atoms with Gasteiger partial charge in [-0.3, -0.25) is 24.1 Å². The molecule has 1 saturated carbocycles. The van der Waals surface area contributed by atoms with Crippen LogP contribution in [0.15, 0.2) is 96.5 Å². The van der Waals surface area contributed by atoms with Gasteiger partial charge in [0.2, 0.25) is 17.7 Å². The molecule has 19 heteroatoms. The number of aliphatic hydroxyl groups is 1. The number of carbonyl (C=O) groups is 4. The summed E-state index contributed by atoms with van der Waals surface area (Å²) in [7, 11) is 0. The Morgan fingerprint density at radius 3 is 2.18 bits per heavy atom. The van der Waals surface area contributed by atoms with E-state index in [1.165, 1.54) is 11.0 Å². The highest BCUT2D eigenvalue weighted by Crippen LogP contribution is 2.41. The number of carbonyl (C=O) groups excluding carboxylic acids is 4. The lowest BCUT2D eigenvalue weighted by Gasteiger charge is -2.36. The van der Waals surface area contributed by atoms with Gasteiger partial charge in [-0.2, -0.15) is 18.4 Å². The average molecular weight is 1040 g/mol. The molecule has 2 saturated heterocycles. The lowest BCUT2D eigenvalue weighted by Crippen LogP contribution is -2.58. The summed E-state index contributed by atoms with van der Waals surface area (Å²) in [4.78, 5) is 63.8. The molecule has 4 amide bonds. The number of benzene rings is 4. The molecule has 1 aliphatic carbocycles. The van der Waals surface area contributed by atoms with Crippen molar-refractivity contribution in [3.63, 3.8) is 0 Å². The summed E-state index contributed by atoms with van der Waals surface area (Å²) < 4.78 is 53.4. The number of aliphatic hydroxyl groups excluding tert-OH is 1. The average Bonchev–Trinajstić information content (AvgIpc) is 4.00. The minimum atomic E-state index is -4.80. The van der Waals surface area contributed by atoms with E-state index in [1.807, 2.05) is 88.4 Å². The van der Waals surface area contributed by atoms with Crippen molar-refractivity contribution in [1.29, 1.82) is 5.26 Å². The topological polar surface area (TPSA) is 177 Å². The number of nitrogens with zero attached hydrogens (tertiary/aromatic N) is 5. The Labute approximate surface area is 431 Å². The number of aromatic nitrogens is 1. The summed E-state index contributed by atoms with van der Waals surface area (Å²) in [5, 5.41) is 25.6. The van der Waals surface area contributed by atoms with Crippen molar-refractivity contribution in [3.05, 3.63) is 119 Å². The van der Waals surface area contributed by atoms with E-state index in [4.69, 9.17) is 21.7 Å². The van der Waals surface area contributed by atoms with Crippen LogP contribution in [0, 0.1) is 29.6 Å². The number of β-amino-alcohol motifs (C(OH)–C–C–N with tert-alkyl or cyclic N) is 1. The molecule has 2 aliphatic heterocycles. The number of ether oxygens (including phenoxy) is 2. The van der Waals surface area contributed by atoms with Crippen molar-refractivity contribution in [2.45, 2.75) is 103 Å². The summed E-state index contributed by atoms with van der Waals surface area (Å²) in [6, 6.07) is 25.5. The van der Waals surface area contributed by atoms with Gasteiger partial charge in [0.25, 0.3) is 5.91 Å². The van der Waals surface area contributed by atoms with Gasteiger partial charge in [0.15, 0.2) is 5.11 Å². The monoisotopic (exact) mass is 1040 g/mol. The fourth-order valence-electron chi connectivity index (χ4n) is 9.39. The summed E-state index contributed by atoms with van der Waals surface area (Å²) in [5.41, 5.74) is 3.26. The minimum absolute atomic E-state index is 0.00595. The van der Waals surface area contributed by atoms with Gasteiger partial charge in [-0.05, 0) is 122 Å². The van der Waals surface area contributed by atoms with Crippen LogP contribution in [0.1, 0.15) is 76.3 Å². The molecule has 0 bridgehead atoms. The van der Waals surface area contributed by atoms with Crippen LogP contribution in [0.2, 0.25) is 0 Å². The summed E-state index contributed by atoms with van der Waals surface area (Å²) in [6.07, 6.45) is -4.23. The Hall–Kier alpha value is -6.72. The molecule has 3 atom stereocenters. The van der Waals surface area contributed by atoms with Crippen molar-refractivity contribution in [3.8, 4) is 33.4 Å². The molecular formula is C54H56F3N7O7S2. The molecule has 0 unspecified atom stereocenters. The van der Waals surface area contributed by atoms with Crippen LogP contribution in [0.4, 0.5) is 24.5 Å². The Morgan fingerprint density at radius 2 is 1.58 bits per heavy atom. The van der Waals surface area contributed by atoms with E-state index in [1.54, 1.807) is 53.8 Å². The third-order valence-electron chi connectivity index (χ3n) is 13.5. The highest BCUT2D eigenvalue weighted by molar-refractivity contribution is 7.81. The Balaban J connectivity index is 0.784. The van der Waals surface area contributed by atoms with Crippen LogP contribution in [-0.2, 0) is 36.6 Å². The van der Waals surface area contributed by atoms with Crippen LogP contribution >= 0.6 is 23.6 Å². The molecule has 4 aromatic carbocycles. The molecule has 3 heterocycles. The van der Waals surface area contributed by atoms with Crippen molar-refractivity contribution in [2.75, 3.05) is 29.6 Å². The van der Waals surface area contributed by atoms with Crippen LogP contribution in [0.25, 0.3) is 21.6 Å². The van der Waals surface area contributed by atoms with E-state index < -0.39 is 64.2 Å². The smallest absolute Gasteiger partial charge is 0.417 e. The number of alkyl halides is 3. The summed E-state index contributed by atoms with van der Waals surface area (Å²) in [6.45, 7) is 11.0. The molecule has 0 spiro atoms. The van der Waals surface area contributed by atoms with Crippen LogP contribution < -0.4 is 25.2 Å². The van der Waals surface area contributed by atoms with Gasteiger partial charge >= 0.3 is 6.18 Å². The molecular weight excluding hydrogens is 980 g/mol. The number of thiocarbonyl (C=S) groups is 1. The van der Waals surface area contributed by atoms with Gasteiger partial charge in [-0.15, -0.1) is 11.3 Å². The van der Waals surface area contributed by atoms with E-state index in [0.29, 0.717) is 18.0 Å². The van der Waals surface area contributed by atoms with Crippen molar-refractivity contribution in [2.24, 2.45) is 11.3 Å². The lowest BCUT2D eigenvalue weighted by molar-refractivity contribution is -0.144. The first-order chi connectivity index (χ1) is 34.5. The zero-order valence-corrected chi connectivity index (χ0v) is 42.8. The second-order valence-corrected chi connectivity index (χ2v) is 21.5. The minimum Gasteiger partial charge on any atom is -0.490 e. The summed E-state index contributed by atoms with van der Waals surface area (Å²) >= 11 is 7.24. The Kier molecular flexibility index (Phi) is 15.1. The number of amides is 4. The zero-order chi connectivity index (χ0) is 52.6. The molecule has 382 valence electrons. The first-order valence-corrected chi connectivity index (χ1v) is 25.1. The zero-order valence-electron chi connectivity index (χ0n) is 41.2. The molecule has 73 heavy (non-hydrogen) atoms. The number of nitrogens with one attached hydrogen (secondary N) is 2. The van der Waals surface area contributed by atoms with Gasteiger partial charge in [0.05, 0.1) is 57.8 Å². The van der Waals surface area contributed by atoms with E-state index >= 15 is 0 Å². The predicted octanol–water partition coefficient (Wildman–Crippen LogP) is 8.58. The molecule has 3 aliphatic rings. The van der Waals surface area contributed by atoms with Gasteiger partial charge < -0.3 is 35.0 Å². The summed E-state index contributed by atoms with van der Waals surface area (Å²) in [5.74, 6) is -0.977. The quantitative estimate of drug-likeness (QED) is 0.0857. The van der Waals surface area contributed by atoms with E-state index in [-0.39, 0.29) is 54.8 Å². The normalized spacial score (nSPS) is 20.1. The van der Waals surface area contributed by atoms with E-state index in [9.17, 15) is 42.7 Å². The highest BCUT2D eigenvalue weighted by atomic mass is 32.1. The third kappa shape index (κ3) is 11.4. The van der Waals surface area contributed by atoms with Crippen molar-refractivity contribution in [1.82, 2.24) is 20.5 Å². The standard InChI is InChI=1S/C54H56F3N7O7S2/c1-31-46(73-30-60-31)36-9-7-32(8-10-36)26-59-48(67)44-24-40(65)27-62(44)49(68)47(52(2,3)4)61-45(66)29-70-28-33-21-42(22-33)71-41-19-14-35(15-20-41)34-11-16-38(17-12-34)64-51(72)63(50(69)53(64,5)6)39-18-13-37(25-58)43(23-39)54(55,56)57/h7-20,23,30,33,40,42,44,47,65H,21-22,24,26-29H2,1-6H3,(H,59,67)(H,61,66)/t33-,40-,42-,44+,47-/m1/s1. The third-order valence-corrected chi connectivity index (χ3v) is 14.8. The molecule has 14 nitrogen and oxygen atoms in total. The van der Waals surface area contributed by atoms with Crippen LogP contribution in [-0.4, -0.2) is 93.3 Å².